The molecule has 0 radical (unpaired) electrons. The second kappa shape index (κ2) is 4.78. The number of carbonyl (C=O) groups is 1. The first-order chi connectivity index (χ1) is 8.50. The Morgan fingerprint density at radius 1 is 1.39 bits per heavy atom. The first-order valence-electron chi connectivity index (χ1n) is 5.52. The van der Waals surface area contributed by atoms with Crippen LogP contribution in [-0.2, 0) is 0 Å². The molecule has 0 aliphatic rings. The summed E-state index contributed by atoms with van der Waals surface area (Å²) in [6.45, 7) is 3.55. The summed E-state index contributed by atoms with van der Waals surface area (Å²) in [6.07, 6.45) is 0. The molecule has 6 heteroatoms. The predicted molar refractivity (Wildman–Crippen MR) is 70.3 cm³/mol. The molecule has 1 aromatic carbocycles. The Balaban J connectivity index is 2.47. The van der Waals surface area contributed by atoms with Crippen LogP contribution < -0.4 is 5.73 Å². The van der Waals surface area contributed by atoms with E-state index in [1.807, 2.05) is 12.1 Å². The molecule has 0 saturated carbocycles. The highest BCUT2D eigenvalue weighted by atomic mass is 35.5. The van der Waals surface area contributed by atoms with E-state index in [9.17, 15) is 4.79 Å². The van der Waals surface area contributed by atoms with Crippen molar-refractivity contribution in [2.45, 2.75) is 13.8 Å². The van der Waals surface area contributed by atoms with Crippen molar-refractivity contribution in [3.8, 4) is 11.4 Å². The fraction of sp³-hybridized carbons (Fsp3) is 0.250. The van der Waals surface area contributed by atoms with Gasteiger partial charge in [0.2, 0.25) is 5.95 Å². The zero-order chi connectivity index (χ0) is 13.3. The average Bonchev–Trinajstić information content (AvgIpc) is 2.70. The van der Waals surface area contributed by atoms with Crippen molar-refractivity contribution in [2.75, 3.05) is 5.73 Å². The van der Waals surface area contributed by atoms with Crippen LogP contribution in [0.5, 0.6) is 0 Å². The standard InChI is InChI=1S/C12H13ClN4O/c1-7(2)11(18)17-12(14)15-10(16-17)8-5-3-4-6-9(8)13/h3-7H,1-2H3,(H2,14,15,16). The Hall–Kier alpha value is -1.88. The van der Waals surface area contributed by atoms with Gasteiger partial charge in [-0.15, -0.1) is 5.10 Å². The number of nitrogen functional groups attached to an aromatic ring is 1. The van der Waals surface area contributed by atoms with Crippen LogP contribution in [0.25, 0.3) is 11.4 Å². The van der Waals surface area contributed by atoms with Crippen molar-refractivity contribution in [1.82, 2.24) is 14.8 Å². The van der Waals surface area contributed by atoms with Crippen molar-refractivity contribution >= 4 is 23.5 Å². The number of nitrogens with zero attached hydrogens (tertiary/aromatic N) is 3. The summed E-state index contributed by atoms with van der Waals surface area (Å²) in [4.78, 5) is 15.9. The first kappa shape index (κ1) is 12.6. The van der Waals surface area contributed by atoms with Crippen LogP contribution in [-0.4, -0.2) is 20.7 Å². The Labute approximate surface area is 110 Å². The maximum absolute atomic E-state index is 11.8. The lowest BCUT2D eigenvalue weighted by atomic mass is 10.2. The maximum atomic E-state index is 11.8. The van der Waals surface area contributed by atoms with Crippen molar-refractivity contribution in [2.24, 2.45) is 5.92 Å². The molecule has 94 valence electrons. The van der Waals surface area contributed by atoms with E-state index in [1.54, 1.807) is 26.0 Å². The van der Waals surface area contributed by atoms with Gasteiger partial charge in [-0.05, 0) is 12.1 Å². The summed E-state index contributed by atoms with van der Waals surface area (Å²) in [5.74, 6) is 0.0297. The Kier molecular flexibility index (Phi) is 3.34. The van der Waals surface area contributed by atoms with Crippen LogP contribution in [0.15, 0.2) is 24.3 Å². The van der Waals surface area contributed by atoms with Gasteiger partial charge in [0, 0.05) is 11.5 Å². The van der Waals surface area contributed by atoms with Gasteiger partial charge in [0.05, 0.1) is 5.02 Å². The lowest BCUT2D eigenvalue weighted by molar-refractivity contribution is 0.0842. The quantitative estimate of drug-likeness (QED) is 0.904. The fourth-order valence-electron chi connectivity index (χ4n) is 1.49. The van der Waals surface area contributed by atoms with Crippen molar-refractivity contribution < 1.29 is 4.79 Å². The molecular weight excluding hydrogens is 252 g/mol. The van der Waals surface area contributed by atoms with Gasteiger partial charge in [-0.2, -0.15) is 9.67 Å². The summed E-state index contributed by atoms with van der Waals surface area (Å²) < 4.78 is 1.11. The summed E-state index contributed by atoms with van der Waals surface area (Å²) >= 11 is 6.05. The van der Waals surface area contributed by atoms with Gasteiger partial charge >= 0.3 is 0 Å². The molecule has 0 atom stereocenters. The number of benzene rings is 1. The number of hydrogen-bond donors (Lipinski definition) is 1. The van der Waals surface area contributed by atoms with Crippen LogP contribution >= 0.6 is 11.6 Å². The lowest BCUT2D eigenvalue weighted by Gasteiger charge is -2.03. The minimum Gasteiger partial charge on any atom is -0.368 e. The molecule has 0 unspecified atom stereocenters. The molecule has 1 heterocycles. The number of hydrogen-bond acceptors (Lipinski definition) is 4. The fourth-order valence-corrected chi connectivity index (χ4v) is 1.71. The zero-order valence-electron chi connectivity index (χ0n) is 10.1. The van der Waals surface area contributed by atoms with Crippen LogP contribution in [0.3, 0.4) is 0 Å². The number of halogens is 1. The molecular formula is C12H13ClN4O. The van der Waals surface area contributed by atoms with E-state index in [-0.39, 0.29) is 17.8 Å². The highest BCUT2D eigenvalue weighted by Crippen LogP contribution is 2.25. The van der Waals surface area contributed by atoms with E-state index in [4.69, 9.17) is 17.3 Å². The summed E-state index contributed by atoms with van der Waals surface area (Å²) in [5.41, 5.74) is 6.35. The molecule has 18 heavy (non-hydrogen) atoms. The number of carbonyl (C=O) groups excluding carboxylic acids is 1. The van der Waals surface area contributed by atoms with Gasteiger partial charge in [0.15, 0.2) is 5.82 Å². The summed E-state index contributed by atoms with van der Waals surface area (Å²) in [5, 5.41) is 4.63. The minimum absolute atomic E-state index is 0.0728. The first-order valence-corrected chi connectivity index (χ1v) is 5.90. The van der Waals surface area contributed by atoms with E-state index >= 15 is 0 Å². The second-order valence-electron chi connectivity index (χ2n) is 4.18. The summed E-state index contributed by atoms with van der Waals surface area (Å²) in [6, 6.07) is 7.15. The number of aromatic nitrogens is 3. The van der Waals surface area contributed by atoms with Crippen LogP contribution in [0.2, 0.25) is 5.02 Å². The van der Waals surface area contributed by atoms with E-state index < -0.39 is 0 Å². The van der Waals surface area contributed by atoms with Gasteiger partial charge in [-0.1, -0.05) is 37.6 Å². The molecule has 0 saturated heterocycles. The van der Waals surface area contributed by atoms with Gasteiger partial charge in [-0.25, -0.2) is 0 Å². The highest BCUT2D eigenvalue weighted by molar-refractivity contribution is 6.33. The largest absolute Gasteiger partial charge is 0.368 e. The molecule has 0 bridgehead atoms. The molecule has 2 aromatic rings. The van der Waals surface area contributed by atoms with Gasteiger partial charge < -0.3 is 5.73 Å². The average molecular weight is 265 g/mol. The molecule has 0 spiro atoms. The predicted octanol–water partition coefficient (Wildman–Crippen LogP) is 2.48. The number of rotatable bonds is 2. The molecule has 5 nitrogen and oxygen atoms in total. The Morgan fingerprint density at radius 3 is 2.67 bits per heavy atom. The van der Waals surface area contributed by atoms with E-state index in [2.05, 4.69) is 10.1 Å². The number of anilines is 1. The van der Waals surface area contributed by atoms with Crippen LogP contribution in [0.1, 0.15) is 18.6 Å². The topological polar surface area (TPSA) is 73.8 Å². The van der Waals surface area contributed by atoms with Gasteiger partial charge in [0.1, 0.15) is 0 Å². The third-order valence-corrected chi connectivity index (χ3v) is 2.78. The van der Waals surface area contributed by atoms with Crippen molar-refractivity contribution in [3.63, 3.8) is 0 Å². The molecule has 0 aliphatic heterocycles. The van der Waals surface area contributed by atoms with Crippen molar-refractivity contribution in [1.29, 1.82) is 0 Å². The monoisotopic (exact) mass is 264 g/mol. The smallest absolute Gasteiger partial charge is 0.252 e. The molecule has 0 aliphatic carbocycles. The second-order valence-corrected chi connectivity index (χ2v) is 4.59. The van der Waals surface area contributed by atoms with Crippen molar-refractivity contribution in [3.05, 3.63) is 29.3 Å². The maximum Gasteiger partial charge on any atom is 0.252 e. The van der Waals surface area contributed by atoms with Gasteiger partial charge in [-0.3, -0.25) is 4.79 Å². The van der Waals surface area contributed by atoms with E-state index in [0.717, 1.165) is 4.68 Å². The molecule has 2 N–H and O–H groups in total. The number of nitrogens with two attached hydrogens (primary N) is 1. The van der Waals surface area contributed by atoms with Crippen LogP contribution in [0, 0.1) is 5.92 Å². The minimum atomic E-state index is -0.201. The SMILES string of the molecule is CC(C)C(=O)n1nc(-c2ccccc2Cl)nc1N. The van der Waals surface area contributed by atoms with E-state index in [0.29, 0.717) is 16.4 Å². The third kappa shape index (κ3) is 2.22. The zero-order valence-corrected chi connectivity index (χ0v) is 10.8. The molecule has 2 rings (SSSR count). The summed E-state index contributed by atoms with van der Waals surface area (Å²) in [7, 11) is 0. The Morgan fingerprint density at radius 2 is 2.06 bits per heavy atom. The van der Waals surface area contributed by atoms with E-state index in [1.165, 1.54) is 0 Å². The lowest BCUT2D eigenvalue weighted by Crippen LogP contribution is -2.20. The highest BCUT2D eigenvalue weighted by Gasteiger charge is 2.18. The Bertz CT molecular complexity index is 592. The third-order valence-electron chi connectivity index (χ3n) is 2.45. The van der Waals surface area contributed by atoms with Crippen LogP contribution in [0.4, 0.5) is 5.95 Å². The molecule has 0 amide bonds. The van der Waals surface area contributed by atoms with Gasteiger partial charge in [0.25, 0.3) is 5.91 Å². The molecule has 1 aromatic heterocycles. The normalized spacial score (nSPS) is 10.9. The molecule has 0 fully saturated rings.